The highest BCUT2D eigenvalue weighted by molar-refractivity contribution is 6.15. The van der Waals surface area contributed by atoms with Crippen LogP contribution < -0.4 is 0 Å². The van der Waals surface area contributed by atoms with E-state index in [0.29, 0.717) is 0 Å². The van der Waals surface area contributed by atoms with Crippen molar-refractivity contribution in [1.29, 1.82) is 0 Å². The van der Waals surface area contributed by atoms with Crippen molar-refractivity contribution in [1.82, 2.24) is 9.38 Å². The molecule has 0 aliphatic carbocycles. The molecule has 2 heteroatoms. The fourth-order valence-electron chi connectivity index (χ4n) is 5.20. The molecule has 5 rings (SSSR count). The lowest BCUT2D eigenvalue weighted by Gasteiger charge is -2.20. The van der Waals surface area contributed by atoms with Crippen LogP contribution in [0, 0.1) is 6.92 Å². The number of benzene rings is 3. The number of hydrogen-bond acceptors (Lipinski definition) is 1. The van der Waals surface area contributed by atoms with Gasteiger partial charge in [-0.2, -0.15) is 0 Å². The quantitative estimate of drug-likeness (QED) is 0.187. The van der Waals surface area contributed by atoms with Crippen LogP contribution in [0.15, 0.2) is 66.9 Å². The summed E-state index contributed by atoms with van der Waals surface area (Å²) in [6, 6.07) is 22.8. The van der Waals surface area contributed by atoms with Gasteiger partial charge in [-0.25, -0.2) is 4.98 Å². The zero-order valence-corrected chi connectivity index (χ0v) is 21.3. The van der Waals surface area contributed by atoms with Crippen molar-refractivity contribution in [3.8, 4) is 11.1 Å². The minimum Gasteiger partial charge on any atom is -0.298 e. The maximum Gasteiger partial charge on any atom is 0.145 e. The number of unbranched alkanes of at least 4 members (excludes halogenated alkanes) is 3. The van der Waals surface area contributed by atoms with Crippen LogP contribution in [0.25, 0.3) is 38.4 Å². The van der Waals surface area contributed by atoms with Crippen molar-refractivity contribution in [2.45, 2.75) is 72.1 Å². The van der Waals surface area contributed by atoms with Gasteiger partial charge in [-0.1, -0.05) is 95.5 Å². The largest absolute Gasteiger partial charge is 0.298 e. The van der Waals surface area contributed by atoms with Crippen molar-refractivity contribution in [2.24, 2.45) is 0 Å². The molecular weight excluding hydrogens is 412 g/mol. The van der Waals surface area contributed by atoms with Gasteiger partial charge in [0.05, 0.1) is 11.2 Å². The molecule has 0 spiro atoms. The molecule has 0 saturated heterocycles. The highest BCUT2D eigenvalue weighted by Crippen LogP contribution is 2.37. The number of aromatic nitrogens is 2. The molecule has 2 aromatic heterocycles. The Kier molecular flexibility index (Phi) is 5.93. The van der Waals surface area contributed by atoms with Crippen LogP contribution in [0.2, 0.25) is 0 Å². The summed E-state index contributed by atoms with van der Waals surface area (Å²) >= 11 is 0. The Morgan fingerprint density at radius 2 is 1.56 bits per heavy atom. The first kappa shape index (κ1) is 22.7. The smallest absolute Gasteiger partial charge is 0.145 e. The van der Waals surface area contributed by atoms with E-state index in [2.05, 4.69) is 106 Å². The first-order chi connectivity index (χ1) is 16.4. The lowest BCUT2D eigenvalue weighted by Crippen LogP contribution is -2.10. The molecule has 3 aromatic carbocycles. The molecule has 5 aromatic rings. The van der Waals surface area contributed by atoms with Crippen molar-refractivity contribution in [3.05, 3.63) is 83.7 Å². The fraction of sp³-hybridized carbons (Fsp3) is 0.344. The van der Waals surface area contributed by atoms with Gasteiger partial charge in [-0.15, -0.1) is 0 Å². The normalized spacial score (nSPS) is 12.3. The predicted octanol–water partition coefficient (Wildman–Crippen LogP) is 9.04. The van der Waals surface area contributed by atoms with Gasteiger partial charge in [-0.3, -0.25) is 4.40 Å². The Morgan fingerprint density at radius 3 is 2.26 bits per heavy atom. The van der Waals surface area contributed by atoms with E-state index in [1.54, 1.807) is 0 Å². The molecule has 0 unspecified atom stereocenters. The summed E-state index contributed by atoms with van der Waals surface area (Å²) in [6.07, 6.45) is 8.44. The zero-order chi connectivity index (χ0) is 23.9. The van der Waals surface area contributed by atoms with Gasteiger partial charge in [0.1, 0.15) is 5.65 Å². The van der Waals surface area contributed by atoms with Crippen LogP contribution in [-0.4, -0.2) is 9.38 Å². The number of rotatable bonds is 6. The average Bonchev–Trinajstić information content (AvgIpc) is 3.22. The average molecular weight is 449 g/mol. The minimum absolute atomic E-state index is 0.145. The molecule has 2 nitrogen and oxygen atoms in total. The topological polar surface area (TPSA) is 17.3 Å². The molecule has 0 bridgehead atoms. The van der Waals surface area contributed by atoms with Crippen molar-refractivity contribution < 1.29 is 0 Å². The monoisotopic (exact) mass is 448 g/mol. The van der Waals surface area contributed by atoms with E-state index in [0.717, 1.165) is 17.8 Å². The molecule has 174 valence electrons. The van der Waals surface area contributed by atoms with Crippen molar-refractivity contribution >= 4 is 27.3 Å². The first-order valence-electron chi connectivity index (χ1n) is 12.8. The first-order valence-corrected chi connectivity index (χ1v) is 12.8. The van der Waals surface area contributed by atoms with E-state index in [1.807, 2.05) is 0 Å². The molecule has 0 aliphatic heterocycles. The molecule has 2 heterocycles. The standard InChI is InChI=1S/C32H36N2/c1-6-7-8-9-12-23-19-28(24-15-17-25(18-16-24)32(3,4)5)30-29(20-23)26-13-10-11-14-27(26)31-33-22(2)21-34(30)31/h10-11,13-21H,6-9,12H2,1-5H3. The maximum atomic E-state index is 4.93. The van der Waals surface area contributed by atoms with Crippen LogP contribution in [-0.2, 0) is 11.8 Å². The minimum atomic E-state index is 0.145. The van der Waals surface area contributed by atoms with E-state index in [4.69, 9.17) is 4.98 Å². The second-order valence-corrected chi connectivity index (χ2v) is 10.8. The highest BCUT2D eigenvalue weighted by atomic mass is 15.0. The molecule has 34 heavy (non-hydrogen) atoms. The Balaban J connectivity index is 1.80. The summed E-state index contributed by atoms with van der Waals surface area (Å²) in [5, 5.41) is 3.84. The molecule has 0 aliphatic rings. The van der Waals surface area contributed by atoms with Crippen LogP contribution >= 0.6 is 0 Å². The second kappa shape index (κ2) is 8.91. The Hall–Kier alpha value is -3.13. The molecular formula is C32H36N2. The van der Waals surface area contributed by atoms with Gasteiger partial charge < -0.3 is 0 Å². The van der Waals surface area contributed by atoms with Gasteiger partial charge in [-0.05, 0) is 59.4 Å². The number of fused-ring (bicyclic) bond motifs is 6. The molecule has 0 fully saturated rings. The van der Waals surface area contributed by atoms with Gasteiger partial charge in [0, 0.05) is 22.5 Å². The maximum absolute atomic E-state index is 4.93. The Labute approximate surface area is 203 Å². The number of nitrogens with zero attached hydrogens (tertiary/aromatic N) is 2. The second-order valence-electron chi connectivity index (χ2n) is 10.8. The zero-order valence-electron chi connectivity index (χ0n) is 21.3. The third-order valence-corrected chi connectivity index (χ3v) is 7.08. The molecule has 0 radical (unpaired) electrons. The molecule has 0 amide bonds. The summed E-state index contributed by atoms with van der Waals surface area (Å²) in [6.45, 7) is 11.2. The van der Waals surface area contributed by atoms with Crippen LogP contribution in [0.4, 0.5) is 0 Å². The summed E-state index contributed by atoms with van der Waals surface area (Å²) in [5.74, 6) is 0. The molecule has 0 N–H and O–H groups in total. The lowest BCUT2D eigenvalue weighted by atomic mass is 9.86. The van der Waals surface area contributed by atoms with E-state index in [1.165, 1.54) is 69.6 Å². The Bertz CT molecular complexity index is 1460. The Morgan fingerprint density at radius 1 is 0.824 bits per heavy atom. The van der Waals surface area contributed by atoms with Gasteiger partial charge in [0.2, 0.25) is 0 Å². The SMILES string of the molecule is CCCCCCc1cc(-c2ccc(C(C)(C)C)cc2)c2c(c1)c1ccccc1c1nc(C)cn12. The van der Waals surface area contributed by atoms with E-state index in [9.17, 15) is 0 Å². The molecule has 0 saturated carbocycles. The summed E-state index contributed by atoms with van der Waals surface area (Å²) < 4.78 is 2.32. The fourth-order valence-corrected chi connectivity index (χ4v) is 5.20. The van der Waals surface area contributed by atoms with Crippen LogP contribution in [0.3, 0.4) is 0 Å². The van der Waals surface area contributed by atoms with Gasteiger partial charge in [0.15, 0.2) is 0 Å². The van der Waals surface area contributed by atoms with Gasteiger partial charge in [0.25, 0.3) is 0 Å². The van der Waals surface area contributed by atoms with Crippen LogP contribution in [0.5, 0.6) is 0 Å². The summed E-state index contributed by atoms with van der Waals surface area (Å²) in [4.78, 5) is 4.93. The van der Waals surface area contributed by atoms with Gasteiger partial charge >= 0.3 is 0 Å². The molecule has 0 atom stereocenters. The highest BCUT2D eigenvalue weighted by Gasteiger charge is 2.17. The van der Waals surface area contributed by atoms with E-state index < -0.39 is 0 Å². The number of pyridine rings is 1. The predicted molar refractivity (Wildman–Crippen MR) is 147 cm³/mol. The van der Waals surface area contributed by atoms with E-state index >= 15 is 0 Å². The van der Waals surface area contributed by atoms with Crippen LogP contribution in [0.1, 0.15) is 70.2 Å². The third kappa shape index (κ3) is 4.11. The van der Waals surface area contributed by atoms with Crippen molar-refractivity contribution in [3.63, 3.8) is 0 Å². The number of imidazole rings is 1. The van der Waals surface area contributed by atoms with Crippen molar-refractivity contribution in [2.75, 3.05) is 0 Å². The number of aryl methyl sites for hydroxylation is 2. The van der Waals surface area contributed by atoms with E-state index in [-0.39, 0.29) is 5.41 Å². The third-order valence-electron chi connectivity index (χ3n) is 7.08. The number of hydrogen-bond donors (Lipinski definition) is 0. The summed E-state index contributed by atoms with van der Waals surface area (Å²) in [5.41, 5.74) is 8.87. The summed E-state index contributed by atoms with van der Waals surface area (Å²) in [7, 11) is 0. The lowest BCUT2D eigenvalue weighted by molar-refractivity contribution is 0.590.